The molecule has 2 fully saturated rings. The molecule has 5 heteroatoms. The van der Waals surface area contributed by atoms with E-state index in [1.54, 1.807) is 18.2 Å². The lowest BCUT2D eigenvalue weighted by atomic mass is 9.68. The summed E-state index contributed by atoms with van der Waals surface area (Å²) >= 11 is 3.34. The van der Waals surface area contributed by atoms with Crippen LogP contribution in [-0.4, -0.2) is 11.8 Å². The Bertz CT molecular complexity index is 698. The molecule has 0 aromatic heterocycles. The van der Waals surface area contributed by atoms with E-state index in [0.29, 0.717) is 16.0 Å². The Morgan fingerprint density at radius 2 is 1.96 bits per heavy atom. The van der Waals surface area contributed by atoms with Gasteiger partial charge in [0.15, 0.2) is 0 Å². The minimum Gasteiger partial charge on any atom is -0.272 e. The van der Waals surface area contributed by atoms with Gasteiger partial charge in [0, 0.05) is 4.47 Å². The van der Waals surface area contributed by atoms with Crippen LogP contribution in [0, 0.1) is 16.7 Å². The Labute approximate surface area is 144 Å². The number of benzene rings is 1. The lowest BCUT2D eigenvalue weighted by Crippen LogP contribution is -2.49. The van der Waals surface area contributed by atoms with Crippen LogP contribution in [0.25, 0.3) is 0 Å². The number of hydrazine groups is 1. The fourth-order valence-corrected chi connectivity index (χ4v) is 4.55. The first-order chi connectivity index (χ1) is 10.8. The van der Waals surface area contributed by atoms with Gasteiger partial charge in [-0.3, -0.25) is 20.4 Å². The molecule has 2 saturated carbocycles. The summed E-state index contributed by atoms with van der Waals surface area (Å²) in [5.74, 6) is 0.0235. The molecule has 0 spiro atoms. The highest BCUT2D eigenvalue weighted by Crippen LogP contribution is 2.65. The van der Waals surface area contributed by atoms with Crippen LogP contribution in [0.5, 0.6) is 0 Å². The van der Waals surface area contributed by atoms with Gasteiger partial charge in [-0.15, -0.1) is 0 Å². The summed E-state index contributed by atoms with van der Waals surface area (Å²) in [5.41, 5.74) is 6.09. The summed E-state index contributed by atoms with van der Waals surface area (Å²) < 4.78 is 0.692. The second-order valence-electron chi connectivity index (χ2n) is 7.11. The van der Waals surface area contributed by atoms with Crippen LogP contribution in [-0.2, 0) is 4.79 Å². The molecule has 0 radical (unpaired) electrons. The zero-order valence-corrected chi connectivity index (χ0v) is 15.0. The first-order valence-electron chi connectivity index (χ1n) is 7.84. The topological polar surface area (TPSA) is 58.2 Å². The molecule has 122 valence electrons. The first kappa shape index (κ1) is 16.2. The predicted octanol–water partition coefficient (Wildman–Crippen LogP) is 3.59. The maximum absolute atomic E-state index is 12.7. The Hall–Kier alpha value is -1.62. The third-order valence-electron chi connectivity index (χ3n) is 5.73. The van der Waals surface area contributed by atoms with Crippen molar-refractivity contribution in [2.45, 2.75) is 33.1 Å². The monoisotopic (exact) mass is 376 g/mol. The molecule has 2 atom stereocenters. The second kappa shape index (κ2) is 5.48. The van der Waals surface area contributed by atoms with Crippen molar-refractivity contribution in [1.29, 1.82) is 0 Å². The zero-order chi connectivity index (χ0) is 16.8. The Morgan fingerprint density at radius 3 is 2.57 bits per heavy atom. The molecule has 2 amide bonds. The maximum atomic E-state index is 12.7. The average Bonchev–Trinajstić information content (AvgIpc) is 3.05. The number of amides is 2. The van der Waals surface area contributed by atoms with Gasteiger partial charge in [-0.05, 0) is 58.7 Å². The van der Waals surface area contributed by atoms with Crippen LogP contribution in [0.15, 0.2) is 40.9 Å². The second-order valence-corrected chi connectivity index (χ2v) is 7.96. The molecule has 23 heavy (non-hydrogen) atoms. The molecule has 2 aliphatic carbocycles. The van der Waals surface area contributed by atoms with Gasteiger partial charge in [-0.1, -0.05) is 38.1 Å². The van der Waals surface area contributed by atoms with E-state index < -0.39 is 5.41 Å². The van der Waals surface area contributed by atoms with Crippen LogP contribution in [0.3, 0.4) is 0 Å². The number of rotatable bonds is 2. The van der Waals surface area contributed by atoms with Crippen molar-refractivity contribution in [3.63, 3.8) is 0 Å². The predicted molar refractivity (Wildman–Crippen MR) is 92.4 cm³/mol. The van der Waals surface area contributed by atoms with E-state index in [-0.39, 0.29) is 17.2 Å². The van der Waals surface area contributed by atoms with Gasteiger partial charge in [-0.2, -0.15) is 0 Å². The molecule has 2 bridgehead atoms. The third-order valence-corrected chi connectivity index (χ3v) is 6.42. The van der Waals surface area contributed by atoms with E-state index in [2.05, 4.69) is 47.2 Å². The summed E-state index contributed by atoms with van der Waals surface area (Å²) in [6, 6.07) is 7.11. The van der Waals surface area contributed by atoms with Crippen molar-refractivity contribution >= 4 is 27.7 Å². The Balaban J connectivity index is 1.70. The molecule has 0 heterocycles. The normalized spacial score (nSPS) is 27.8. The van der Waals surface area contributed by atoms with Gasteiger partial charge in [0.2, 0.25) is 5.91 Å². The first-order valence-corrected chi connectivity index (χ1v) is 8.63. The van der Waals surface area contributed by atoms with Gasteiger partial charge in [0.25, 0.3) is 5.91 Å². The van der Waals surface area contributed by atoms with Crippen LogP contribution in [0.2, 0.25) is 0 Å². The lowest BCUT2D eigenvalue weighted by Gasteiger charge is -2.37. The van der Waals surface area contributed by atoms with E-state index >= 15 is 0 Å². The molecule has 0 saturated heterocycles. The van der Waals surface area contributed by atoms with E-state index in [0.717, 1.165) is 24.8 Å². The van der Waals surface area contributed by atoms with Crippen LogP contribution in [0.4, 0.5) is 0 Å². The minimum atomic E-state index is -0.532. The van der Waals surface area contributed by atoms with E-state index in [4.69, 9.17) is 0 Å². The van der Waals surface area contributed by atoms with Crippen molar-refractivity contribution in [3.05, 3.63) is 46.5 Å². The van der Waals surface area contributed by atoms with Gasteiger partial charge >= 0.3 is 0 Å². The smallest absolute Gasteiger partial charge is 0.270 e. The number of hydrogen-bond acceptors (Lipinski definition) is 2. The van der Waals surface area contributed by atoms with Crippen molar-refractivity contribution < 1.29 is 9.59 Å². The molecular formula is C18H21BrN2O2. The number of nitrogens with one attached hydrogen (secondary N) is 2. The average molecular weight is 377 g/mol. The summed E-state index contributed by atoms with van der Waals surface area (Å²) in [7, 11) is 0. The third kappa shape index (κ3) is 2.42. The molecule has 2 aliphatic rings. The number of halogens is 1. The van der Waals surface area contributed by atoms with Gasteiger partial charge in [0.05, 0.1) is 11.0 Å². The molecule has 0 aliphatic heterocycles. The standard InChI is InChI=1S/C18H21BrN2O2/c1-11-17(2,3)12-8-9-18(11,10-12)16(23)21-20-15(22)13-6-4-5-7-14(13)19/h4-7,12H,1,8-10H2,2-3H3,(H,20,22)(H,21,23). The quantitative estimate of drug-likeness (QED) is 0.611. The van der Waals surface area contributed by atoms with E-state index in [1.807, 2.05) is 6.07 Å². The van der Waals surface area contributed by atoms with Crippen LogP contribution >= 0.6 is 15.9 Å². The Kier molecular flexibility index (Phi) is 3.87. The minimum absolute atomic E-state index is 0.0118. The molecule has 1 aromatic rings. The maximum Gasteiger partial charge on any atom is 0.270 e. The molecule has 2 N–H and O–H groups in total. The number of fused-ring (bicyclic) bond motifs is 2. The van der Waals surface area contributed by atoms with Crippen LogP contribution in [0.1, 0.15) is 43.5 Å². The SMILES string of the molecule is C=C1C2(C(=O)NNC(=O)c3ccccc3Br)CCC(C2)C1(C)C. The summed E-state index contributed by atoms with van der Waals surface area (Å²) in [4.78, 5) is 25.0. The molecular weight excluding hydrogens is 356 g/mol. The highest BCUT2D eigenvalue weighted by Gasteiger charge is 2.60. The largest absolute Gasteiger partial charge is 0.272 e. The summed E-state index contributed by atoms with van der Waals surface area (Å²) in [6.45, 7) is 8.52. The molecule has 2 unspecified atom stereocenters. The highest BCUT2D eigenvalue weighted by molar-refractivity contribution is 9.10. The zero-order valence-electron chi connectivity index (χ0n) is 13.4. The van der Waals surface area contributed by atoms with Crippen molar-refractivity contribution in [1.82, 2.24) is 10.9 Å². The fourth-order valence-electron chi connectivity index (χ4n) is 4.09. The van der Waals surface area contributed by atoms with E-state index in [1.165, 1.54) is 0 Å². The fraction of sp³-hybridized carbons (Fsp3) is 0.444. The van der Waals surface area contributed by atoms with Crippen molar-refractivity contribution in [3.8, 4) is 0 Å². The van der Waals surface area contributed by atoms with Gasteiger partial charge in [-0.25, -0.2) is 0 Å². The number of carbonyl (C=O) groups is 2. The van der Waals surface area contributed by atoms with Gasteiger partial charge < -0.3 is 0 Å². The van der Waals surface area contributed by atoms with Crippen molar-refractivity contribution in [2.24, 2.45) is 16.7 Å². The van der Waals surface area contributed by atoms with Gasteiger partial charge in [0.1, 0.15) is 0 Å². The number of carbonyl (C=O) groups excluding carboxylic acids is 2. The Morgan fingerprint density at radius 1 is 1.26 bits per heavy atom. The molecule has 4 nitrogen and oxygen atoms in total. The molecule has 3 rings (SSSR count). The number of hydrogen-bond donors (Lipinski definition) is 2. The summed E-state index contributed by atoms with van der Waals surface area (Å²) in [5, 5.41) is 0. The van der Waals surface area contributed by atoms with Crippen molar-refractivity contribution in [2.75, 3.05) is 0 Å². The molecule has 1 aromatic carbocycles. The summed E-state index contributed by atoms with van der Waals surface area (Å²) in [6.07, 6.45) is 2.68. The highest BCUT2D eigenvalue weighted by atomic mass is 79.9. The van der Waals surface area contributed by atoms with E-state index in [9.17, 15) is 9.59 Å². The lowest BCUT2D eigenvalue weighted by molar-refractivity contribution is -0.129. The van der Waals surface area contributed by atoms with Crippen LogP contribution < -0.4 is 10.9 Å².